The Morgan fingerprint density at radius 1 is 1.64 bits per heavy atom. The molecule has 0 aliphatic carbocycles. The number of aliphatic carboxylic acids is 1. The molecule has 1 atom stereocenters. The second-order valence-electron chi connectivity index (χ2n) is 2.64. The van der Waals surface area contributed by atoms with Gasteiger partial charge in [-0.1, -0.05) is 6.92 Å². The van der Waals surface area contributed by atoms with Crippen LogP contribution in [-0.2, 0) is 16.3 Å². The van der Waals surface area contributed by atoms with Crippen LogP contribution in [0.3, 0.4) is 0 Å². The van der Waals surface area contributed by atoms with Crippen molar-refractivity contribution in [2.75, 3.05) is 12.0 Å². The van der Waals surface area contributed by atoms with Crippen LogP contribution in [0.25, 0.3) is 0 Å². The summed E-state index contributed by atoms with van der Waals surface area (Å²) in [7, 11) is 0. The molecule has 0 aliphatic rings. The topological polar surface area (TPSA) is 104 Å². The Morgan fingerprint density at radius 3 is 2.29 bits per heavy atom. The second kappa shape index (κ2) is 9.17. The maximum Gasteiger partial charge on any atom is 0.323 e. The second-order valence-corrected chi connectivity index (χ2v) is 3.79. The lowest BCUT2D eigenvalue weighted by Gasteiger charge is -2.21. The Morgan fingerprint density at radius 2 is 2.07 bits per heavy atom. The van der Waals surface area contributed by atoms with Crippen LogP contribution in [-0.4, -0.2) is 32.8 Å². The first-order valence-corrected chi connectivity index (χ1v) is 6.08. The molecular formula is C7H16N2O3S2. The smallest absolute Gasteiger partial charge is 0.323 e. The number of rotatable bonds is 5. The highest BCUT2D eigenvalue weighted by atomic mass is 32.2. The van der Waals surface area contributed by atoms with Gasteiger partial charge in [-0.25, -0.2) is 4.78 Å². The van der Waals surface area contributed by atoms with Crippen molar-refractivity contribution >= 4 is 29.2 Å². The van der Waals surface area contributed by atoms with Crippen LogP contribution >= 0.6 is 11.8 Å². The summed E-state index contributed by atoms with van der Waals surface area (Å²) in [4.78, 5) is 10.6. The summed E-state index contributed by atoms with van der Waals surface area (Å²) in [6.07, 6.45) is 2.97. The van der Waals surface area contributed by atoms with Crippen LogP contribution < -0.4 is 5.73 Å². The van der Waals surface area contributed by atoms with E-state index in [0.717, 1.165) is 5.75 Å². The summed E-state index contributed by atoms with van der Waals surface area (Å²) in [5.74, 6) is -0.0922. The van der Waals surface area contributed by atoms with Gasteiger partial charge >= 0.3 is 5.97 Å². The highest BCUT2D eigenvalue weighted by Crippen LogP contribution is 2.14. The van der Waals surface area contributed by atoms with Crippen molar-refractivity contribution in [3.05, 3.63) is 0 Å². The number of carboxylic acids is 1. The predicted molar refractivity (Wildman–Crippen MR) is 58.7 cm³/mol. The van der Waals surface area contributed by atoms with Crippen LogP contribution in [0.1, 0.15) is 19.8 Å². The van der Waals surface area contributed by atoms with E-state index in [2.05, 4.69) is 0 Å². The van der Waals surface area contributed by atoms with Gasteiger partial charge in [-0.15, -0.1) is 0 Å². The van der Waals surface area contributed by atoms with Gasteiger partial charge in [0.1, 0.15) is 5.54 Å². The van der Waals surface area contributed by atoms with Gasteiger partial charge in [0.2, 0.25) is 0 Å². The molecule has 5 nitrogen and oxygen atoms in total. The largest absolute Gasteiger partial charge is 0.480 e. The van der Waals surface area contributed by atoms with E-state index >= 15 is 0 Å². The highest BCUT2D eigenvalue weighted by Gasteiger charge is 2.30. The van der Waals surface area contributed by atoms with Crippen molar-refractivity contribution in [2.45, 2.75) is 25.3 Å². The minimum atomic E-state index is -1.01. The van der Waals surface area contributed by atoms with Crippen molar-refractivity contribution in [2.24, 2.45) is 5.73 Å². The van der Waals surface area contributed by atoms with Crippen molar-refractivity contribution in [3.63, 3.8) is 0 Å². The third-order valence-electron chi connectivity index (χ3n) is 1.81. The molecule has 0 bridgehead atoms. The molecule has 0 aromatic heterocycles. The molecule has 14 heavy (non-hydrogen) atoms. The van der Waals surface area contributed by atoms with E-state index < -0.39 is 11.5 Å². The lowest BCUT2D eigenvalue weighted by molar-refractivity contribution is -0.143. The van der Waals surface area contributed by atoms with Gasteiger partial charge in [-0.2, -0.15) is 16.0 Å². The number of nitrogens with one attached hydrogen (secondary N) is 1. The quantitative estimate of drug-likeness (QED) is 0.662. The van der Waals surface area contributed by atoms with E-state index in [1.165, 1.54) is 0 Å². The molecule has 0 heterocycles. The summed E-state index contributed by atoms with van der Waals surface area (Å²) in [6, 6.07) is 0. The monoisotopic (exact) mass is 240 g/mol. The fourth-order valence-electron chi connectivity index (χ4n) is 0.719. The zero-order chi connectivity index (χ0) is 11.6. The molecule has 0 aromatic carbocycles. The van der Waals surface area contributed by atoms with E-state index in [1.807, 2.05) is 6.26 Å². The lowest BCUT2D eigenvalue weighted by atomic mass is 9.95. The standard InChI is InChI=1S/C7H15NO2S.HNOS/c1-3-7(8,6(9)10)4-5-11-2;1-3-2/h3-5,8H2,1-2H3,(H,9,10);1H/t7-;/m0./s1. The summed E-state index contributed by atoms with van der Waals surface area (Å²) < 4.78 is 14.1. The molecule has 0 fully saturated rings. The zero-order valence-electron chi connectivity index (χ0n) is 8.28. The molecule has 0 unspecified atom stereocenters. The van der Waals surface area contributed by atoms with Crippen LogP contribution in [0.5, 0.6) is 0 Å². The van der Waals surface area contributed by atoms with Crippen molar-refractivity contribution < 1.29 is 14.1 Å². The molecule has 0 saturated carbocycles. The molecule has 4 N–H and O–H groups in total. The normalized spacial score (nSPS) is 13.4. The van der Waals surface area contributed by atoms with Gasteiger partial charge in [0, 0.05) is 0 Å². The minimum Gasteiger partial charge on any atom is -0.480 e. The highest BCUT2D eigenvalue weighted by molar-refractivity contribution is 7.98. The molecule has 0 rings (SSSR count). The van der Waals surface area contributed by atoms with Crippen LogP contribution in [0.15, 0.2) is 0 Å². The number of hydrogen-bond donors (Lipinski definition) is 3. The van der Waals surface area contributed by atoms with Gasteiger partial charge in [0.05, 0.1) is 0 Å². The Hall–Kier alpha value is -0.400. The number of hydrogen-bond acceptors (Lipinski definition) is 5. The first-order chi connectivity index (χ1) is 6.48. The molecule has 7 heteroatoms. The van der Waals surface area contributed by atoms with Crippen LogP contribution in [0.4, 0.5) is 0 Å². The maximum absolute atomic E-state index is 10.6. The first-order valence-electron chi connectivity index (χ1n) is 3.95. The van der Waals surface area contributed by atoms with E-state index in [9.17, 15) is 4.79 Å². The van der Waals surface area contributed by atoms with Crippen LogP contribution in [0, 0.1) is 4.78 Å². The number of nitrogens with two attached hydrogens (primary N) is 1. The van der Waals surface area contributed by atoms with E-state index in [4.69, 9.17) is 19.8 Å². The predicted octanol–water partition coefficient (Wildman–Crippen LogP) is 0.893. The lowest BCUT2D eigenvalue weighted by Crippen LogP contribution is -2.47. The van der Waals surface area contributed by atoms with Crippen molar-refractivity contribution in [1.29, 1.82) is 4.78 Å². The van der Waals surface area contributed by atoms with Gasteiger partial charge in [0.15, 0.2) is 11.5 Å². The van der Waals surface area contributed by atoms with Gasteiger partial charge in [-0.3, -0.25) is 4.79 Å². The average Bonchev–Trinajstić information content (AvgIpc) is 2.15. The maximum atomic E-state index is 10.6. The van der Waals surface area contributed by atoms with Crippen molar-refractivity contribution in [1.82, 2.24) is 0 Å². The van der Waals surface area contributed by atoms with E-state index in [0.29, 0.717) is 12.8 Å². The Labute approximate surface area is 91.5 Å². The molecule has 0 amide bonds. The zero-order valence-corrected chi connectivity index (χ0v) is 9.91. The molecule has 0 saturated heterocycles. The SMILES string of the molecule is CC[C@](N)(CCSC)C(=O)O.N=S=O. The fourth-order valence-corrected chi connectivity index (χ4v) is 1.29. The average molecular weight is 240 g/mol. The molecule has 84 valence electrons. The Kier molecular flexibility index (Phi) is 10.5. The van der Waals surface area contributed by atoms with Crippen molar-refractivity contribution in [3.8, 4) is 0 Å². The van der Waals surface area contributed by atoms with E-state index in [-0.39, 0.29) is 11.5 Å². The Balaban J connectivity index is 0. The summed E-state index contributed by atoms with van der Waals surface area (Å²) in [5.41, 5.74) is 4.60. The number of carbonyl (C=O) groups is 1. The fraction of sp³-hybridized carbons (Fsp3) is 0.857. The molecule has 0 aliphatic heterocycles. The van der Waals surface area contributed by atoms with Gasteiger partial charge < -0.3 is 10.8 Å². The third-order valence-corrected chi connectivity index (χ3v) is 2.42. The summed E-state index contributed by atoms with van der Waals surface area (Å²) >= 11 is 1.37. The molecular weight excluding hydrogens is 224 g/mol. The third kappa shape index (κ3) is 7.05. The molecule has 0 radical (unpaired) electrons. The first kappa shape index (κ1) is 16.0. The minimum absolute atomic E-state index is 0.250. The Bertz CT molecular complexity index is 207. The summed E-state index contributed by atoms with van der Waals surface area (Å²) in [6.45, 7) is 1.80. The number of thioether (sulfide) groups is 1. The van der Waals surface area contributed by atoms with Gasteiger partial charge in [-0.05, 0) is 24.9 Å². The van der Waals surface area contributed by atoms with E-state index in [1.54, 1.807) is 18.7 Å². The van der Waals surface area contributed by atoms with Crippen LogP contribution in [0.2, 0.25) is 0 Å². The van der Waals surface area contributed by atoms with Gasteiger partial charge in [0.25, 0.3) is 0 Å². The number of carboxylic acid groups (broad SMARTS) is 1. The summed E-state index contributed by atoms with van der Waals surface area (Å²) in [5, 5.41) is 8.72. The molecule has 0 aromatic rings. The molecule has 0 spiro atoms.